The second kappa shape index (κ2) is 9.62. The normalized spacial score (nSPS) is 11.6. The number of amides is 3. The molecule has 27 heavy (non-hydrogen) atoms. The van der Waals surface area contributed by atoms with Crippen LogP contribution in [0.2, 0.25) is 0 Å². The molecule has 3 amide bonds. The molecule has 0 fully saturated rings. The van der Waals surface area contributed by atoms with Gasteiger partial charge in [0.2, 0.25) is 5.91 Å². The summed E-state index contributed by atoms with van der Waals surface area (Å²) in [6.07, 6.45) is 0. The standard InChI is InChI=1S/C21H28N4O2/c1-15(2)19(24-21(27)22-14-16-8-6-5-7-9-16)20(26)23-17-10-12-18(13-11-17)25(3)4/h5-13,15,19H,14H2,1-4H3,(H,23,26)(H2,22,24,27). The van der Waals surface area contributed by atoms with E-state index in [1.807, 2.05) is 87.4 Å². The number of anilines is 2. The molecule has 0 aromatic heterocycles. The average molecular weight is 368 g/mol. The molecule has 0 aliphatic rings. The van der Waals surface area contributed by atoms with Crippen molar-refractivity contribution in [2.45, 2.75) is 26.4 Å². The molecule has 0 radical (unpaired) electrons. The van der Waals surface area contributed by atoms with Crippen LogP contribution in [-0.4, -0.2) is 32.1 Å². The minimum absolute atomic E-state index is 0.0477. The monoisotopic (exact) mass is 368 g/mol. The zero-order valence-electron chi connectivity index (χ0n) is 16.3. The van der Waals surface area contributed by atoms with Gasteiger partial charge in [-0.3, -0.25) is 4.79 Å². The molecule has 3 N–H and O–H groups in total. The highest BCUT2D eigenvalue weighted by Gasteiger charge is 2.24. The van der Waals surface area contributed by atoms with Crippen LogP contribution in [0.25, 0.3) is 0 Å². The number of hydrogen-bond donors (Lipinski definition) is 3. The number of hydrogen-bond acceptors (Lipinski definition) is 3. The van der Waals surface area contributed by atoms with Gasteiger partial charge >= 0.3 is 6.03 Å². The van der Waals surface area contributed by atoms with Gasteiger partial charge in [0, 0.05) is 32.0 Å². The van der Waals surface area contributed by atoms with Gasteiger partial charge in [0.25, 0.3) is 0 Å². The average Bonchev–Trinajstić information content (AvgIpc) is 2.65. The number of carbonyl (C=O) groups excluding carboxylic acids is 2. The topological polar surface area (TPSA) is 73.5 Å². The van der Waals surface area contributed by atoms with Crippen LogP contribution in [0.3, 0.4) is 0 Å². The Morgan fingerprint density at radius 3 is 2.15 bits per heavy atom. The van der Waals surface area contributed by atoms with Crippen LogP contribution < -0.4 is 20.9 Å². The molecule has 144 valence electrons. The molecule has 0 spiro atoms. The van der Waals surface area contributed by atoms with E-state index in [0.29, 0.717) is 12.2 Å². The van der Waals surface area contributed by atoms with Crippen molar-refractivity contribution in [2.24, 2.45) is 5.92 Å². The lowest BCUT2D eigenvalue weighted by molar-refractivity contribution is -0.118. The Morgan fingerprint density at radius 1 is 0.963 bits per heavy atom. The maximum absolute atomic E-state index is 12.6. The summed E-state index contributed by atoms with van der Waals surface area (Å²) < 4.78 is 0. The first-order valence-corrected chi connectivity index (χ1v) is 9.03. The molecule has 0 bridgehead atoms. The fraction of sp³-hybridized carbons (Fsp3) is 0.333. The largest absolute Gasteiger partial charge is 0.378 e. The van der Waals surface area contributed by atoms with Gasteiger partial charge in [-0.1, -0.05) is 44.2 Å². The molecule has 2 rings (SSSR count). The maximum Gasteiger partial charge on any atom is 0.315 e. The van der Waals surface area contributed by atoms with E-state index in [0.717, 1.165) is 11.3 Å². The van der Waals surface area contributed by atoms with Crippen LogP contribution in [0.1, 0.15) is 19.4 Å². The van der Waals surface area contributed by atoms with Crippen LogP contribution in [0, 0.1) is 5.92 Å². The Kier molecular flexibility index (Phi) is 7.23. The first-order chi connectivity index (χ1) is 12.9. The van der Waals surface area contributed by atoms with Gasteiger partial charge in [-0.25, -0.2) is 4.79 Å². The molecule has 2 aromatic rings. The molecule has 0 saturated carbocycles. The molecular formula is C21H28N4O2. The maximum atomic E-state index is 12.6. The van der Waals surface area contributed by atoms with Crippen molar-refractivity contribution in [2.75, 3.05) is 24.3 Å². The second-order valence-corrected chi connectivity index (χ2v) is 6.96. The summed E-state index contributed by atoms with van der Waals surface area (Å²) in [6.45, 7) is 4.21. The number of rotatable bonds is 7. The lowest BCUT2D eigenvalue weighted by Gasteiger charge is -2.22. The molecule has 2 aromatic carbocycles. The van der Waals surface area contributed by atoms with Crippen LogP contribution in [0.5, 0.6) is 0 Å². The first-order valence-electron chi connectivity index (χ1n) is 9.03. The van der Waals surface area contributed by atoms with Gasteiger partial charge in [0.05, 0.1) is 0 Å². The minimum atomic E-state index is -0.630. The highest BCUT2D eigenvalue weighted by molar-refractivity contribution is 5.97. The smallest absolute Gasteiger partial charge is 0.315 e. The Morgan fingerprint density at radius 2 is 1.59 bits per heavy atom. The molecule has 0 aliphatic carbocycles. The number of benzene rings is 2. The van der Waals surface area contributed by atoms with Gasteiger partial charge in [0.15, 0.2) is 0 Å². The highest BCUT2D eigenvalue weighted by Crippen LogP contribution is 2.16. The number of nitrogens with zero attached hydrogens (tertiary/aromatic N) is 1. The predicted octanol–water partition coefficient (Wildman–Crippen LogP) is 3.22. The lowest BCUT2D eigenvalue weighted by atomic mass is 10.0. The van der Waals surface area contributed by atoms with Crippen molar-refractivity contribution in [3.05, 3.63) is 60.2 Å². The quantitative estimate of drug-likeness (QED) is 0.703. The van der Waals surface area contributed by atoms with Crippen LogP contribution in [-0.2, 0) is 11.3 Å². The number of carbonyl (C=O) groups is 2. The van der Waals surface area contributed by atoms with Gasteiger partial charge in [-0.2, -0.15) is 0 Å². The number of nitrogens with one attached hydrogen (secondary N) is 3. The van der Waals surface area contributed by atoms with E-state index in [1.165, 1.54) is 0 Å². The van der Waals surface area contributed by atoms with Gasteiger partial charge < -0.3 is 20.9 Å². The summed E-state index contributed by atoms with van der Waals surface area (Å²) in [5.41, 5.74) is 2.74. The minimum Gasteiger partial charge on any atom is -0.378 e. The zero-order valence-corrected chi connectivity index (χ0v) is 16.3. The highest BCUT2D eigenvalue weighted by atomic mass is 16.2. The Balaban J connectivity index is 1.92. The van der Waals surface area contributed by atoms with Crippen molar-refractivity contribution < 1.29 is 9.59 Å². The van der Waals surface area contributed by atoms with E-state index in [2.05, 4.69) is 16.0 Å². The summed E-state index contributed by atoms with van der Waals surface area (Å²) in [6, 6.07) is 16.2. The fourth-order valence-corrected chi connectivity index (χ4v) is 2.57. The van der Waals surface area contributed by atoms with E-state index in [4.69, 9.17) is 0 Å². The Bertz CT molecular complexity index is 743. The van der Waals surface area contributed by atoms with Crippen LogP contribution in [0.15, 0.2) is 54.6 Å². The first kappa shape index (κ1) is 20.3. The van der Waals surface area contributed by atoms with Crippen molar-refractivity contribution in [1.82, 2.24) is 10.6 Å². The molecule has 1 atom stereocenters. The molecular weight excluding hydrogens is 340 g/mol. The van der Waals surface area contributed by atoms with Crippen molar-refractivity contribution in [1.29, 1.82) is 0 Å². The molecule has 1 unspecified atom stereocenters. The van der Waals surface area contributed by atoms with E-state index in [-0.39, 0.29) is 17.9 Å². The third-order valence-corrected chi connectivity index (χ3v) is 4.18. The van der Waals surface area contributed by atoms with E-state index in [9.17, 15) is 9.59 Å². The fourth-order valence-electron chi connectivity index (χ4n) is 2.57. The summed E-state index contributed by atoms with van der Waals surface area (Å²) in [5.74, 6) is -0.286. The predicted molar refractivity (Wildman–Crippen MR) is 110 cm³/mol. The van der Waals surface area contributed by atoms with Crippen molar-refractivity contribution >= 4 is 23.3 Å². The lowest BCUT2D eigenvalue weighted by Crippen LogP contribution is -2.50. The molecule has 0 saturated heterocycles. The van der Waals surface area contributed by atoms with Crippen molar-refractivity contribution in [3.63, 3.8) is 0 Å². The molecule has 6 heteroatoms. The zero-order chi connectivity index (χ0) is 19.8. The Hall–Kier alpha value is -3.02. The van der Waals surface area contributed by atoms with Gasteiger partial charge in [0.1, 0.15) is 6.04 Å². The molecule has 0 aliphatic heterocycles. The third-order valence-electron chi connectivity index (χ3n) is 4.18. The Labute approximate surface area is 161 Å². The summed E-state index contributed by atoms with van der Waals surface area (Å²) >= 11 is 0. The van der Waals surface area contributed by atoms with E-state index >= 15 is 0 Å². The van der Waals surface area contributed by atoms with Crippen LogP contribution >= 0.6 is 0 Å². The summed E-state index contributed by atoms with van der Waals surface area (Å²) in [4.78, 5) is 26.8. The molecule has 0 heterocycles. The van der Waals surface area contributed by atoms with Gasteiger partial charge in [-0.05, 0) is 35.7 Å². The van der Waals surface area contributed by atoms with Crippen molar-refractivity contribution in [3.8, 4) is 0 Å². The van der Waals surface area contributed by atoms with E-state index in [1.54, 1.807) is 0 Å². The van der Waals surface area contributed by atoms with Crippen LogP contribution in [0.4, 0.5) is 16.2 Å². The number of urea groups is 1. The molecule has 6 nitrogen and oxygen atoms in total. The summed E-state index contributed by atoms with van der Waals surface area (Å²) in [7, 11) is 3.92. The summed E-state index contributed by atoms with van der Waals surface area (Å²) in [5, 5.41) is 8.42. The van der Waals surface area contributed by atoms with Gasteiger partial charge in [-0.15, -0.1) is 0 Å². The van der Waals surface area contributed by atoms with E-state index < -0.39 is 6.04 Å². The second-order valence-electron chi connectivity index (χ2n) is 6.96. The SMILES string of the molecule is CC(C)C(NC(=O)NCc1ccccc1)C(=O)Nc1ccc(N(C)C)cc1. The third kappa shape index (κ3) is 6.33.